The molecule has 3 rings (SSSR count). The fourth-order valence-corrected chi connectivity index (χ4v) is 54.8. The van der Waals surface area contributed by atoms with E-state index in [9.17, 15) is 0 Å². The van der Waals surface area contributed by atoms with Crippen molar-refractivity contribution in [2.24, 2.45) is 5.41 Å². The van der Waals surface area contributed by atoms with Crippen molar-refractivity contribution in [3.63, 3.8) is 0 Å². The van der Waals surface area contributed by atoms with Gasteiger partial charge in [-0.15, -0.1) is 0 Å². The zero-order valence-electron chi connectivity index (χ0n) is 17.9. The van der Waals surface area contributed by atoms with Crippen LogP contribution in [0.25, 0.3) is 0 Å². The van der Waals surface area contributed by atoms with Crippen molar-refractivity contribution in [1.82, 2.24) is 0 Å². The van der Waals surface area contributed by atoms with Gasteiger partial charge in [0.2, 0.25) is 0 Å². The van der Waals surface area contributed by atoms with Crippen LogP contribution < -0.4 is 24.8 Å². The van der Waals surface area contributed by atoms with Crippen molar-refractivity contribution >= 4 is 5.98 Å². The molecule has 0 unspecified atom stereocenters. The monoisotopic (exact) mass is 588 g/mol. The third-order valence-corrected chi connectivity index (χ3v) is 51.6. The van der Waals surface area contributed by atoms with Gasteiger partial charge >= 0.3 is 161 Å². The molecule has 0 nitrogen and oxygen atoms in total. The molecular weight excluding hydrogens is 554 g/mol. The molecule has 0 aromatic rings. The maximum Gasteiger partial charge on any atom is -1.00 e. The summed E-state index contributed by atoms with van der Waals surface area (Å²) in [4.78, 5) is 0. The Hall–Kier alpha value is 0.107. The largest absolute Gasteiger partial charge is 1.00 e. The Balaban J connectivity index is 0.00000182. The third kappa shape index (κ3) is 4.20. The van der Waals surface area contributed by atoms with Crippen molar-refractivity contribution in [2.75, 3.05) is 0 Å². The topological polar surface area (TPSA) is 0 Å². The Labute approximate surface area is 184 Å². The fraction of sp³-hybridized carbons (Fsp3) is 0.478. The average Bonchev–Trinajstić information content (AvgIpc) is 3.22. The van der Waals surface area contributed by atoms with Gasteiger partial charge in [-0.1, -0.05) is 0 Å². The number of hydrogen-bond donors (Lipinski definition) is 0. The quantitative estimate of drug-likeness (QED) is 0.428. The maximum atomic E-state index is 2.67. The molecule has 4 heteroatoms. The van der Waals surface area contributed by atoms with Gasteiger partial charge < -0.3 is 24.8 Å². The summed E-state index contributed by atoms with van der Waals surface area (Å²) >= 11 is -2.97. The Morgan fingerprint density at radius 2 is 1.15 bits per heavy atom. The second-order valence-electron chi connectivity index (χ2n) is 9.25. The maximum absolute atomic E-state index is 2.97. The Kier molecular flexibility index (Phi) is 8.64. The SMILES string of the molecule is CC1=[C]([Hf+2]([C]2=C(C)C=CC2)([C]2=C(C(C)(C)C)C=CC2)[SiH](C)C)CC=C1.[Cl-].[Cl-]. The third-order valence-electron chi connectivity index (χ3n) is 6.37. The Morgan fingerprint density at radius 3 is 1.48 bits per heavy atom. The van der Waals surface area contributed by atoms with Gasteiger partial charge in [0, 0.05) is 0 Å². The number of halogens is 2. The van der Waals surface area contributed by atoms with Crippen LogP contribution >= 0.6 is 0 Å². The van der Waals surface area contributed by atoms with Gasteiger partial charge in [0.25, 0.3) is 0 Å². The van der Waals surface area contributed by atoms with Gasteiger partial charge in [-0.3, -0.25) is 0 Å². The van der Waals surface area contributed by atoms with E-state index >= 15 is 0 Å². The molecule has 0 radical (unpaired) electrons. The summed E-state index contributed by atoms with van der Waals surface area (Å²) in [5, 5.41) is 0. The summed E-state index contributed by atoms with van der Waals surface area (Å²) in [7, 11) is 0. The van der Waals surface area contributed by atoms with Gasteiger partial charge in [0.15, 0.2) is 0 Å². The van der Waals surface area contributed by atoms with Crippen LogP contribution in [0.5, 0.6) is 0 Å². The first-order chi connectivity index (χ1) is 11.7. The molecule has 0 atom stereocenters. The minimum Gasteiger partial charge on any atom is -1.00 e. The minimum atomic E-state index is -2.97. The van der Waals surface area contributed by atoms with Crippen LogP contribution in [0.2, 0.25) is 13.1 Å². The van der Waals surface area contributed by atoms with Crippen LogP contribution in [0.3, 0.4) is 0 Å². The molecule has 0 aromatic heterocycles. The van der Waals surface area contributed by atoms with Crippen molar-refractivity contribution in [3.05, 3.63) is 63.2 Å². The summed E-state index contributed by atoms with van der Waals surface area (Å²) in [6, 6.07) is 0. The molecule has 0 fully saturated rings. The van der Waals surface area contributed by atoms with Gasteiger partial charge in [0.1, 0.15) is 0 Å². The summed E-state index contributed by atoms with van der Waals surface area (Å²) < 4.78 is 5.79. The Bertz CT molecular complexity index is 735. The van der Waals surface area contributed by atoms with Crippen molar-refractivity contribution in [3.8, 4) is 0 Å². The number of allylic oxidation sites excluding steroid dienone is 12. The zero-order chi connectivity index (χ0) is 18.4. The van der Waals surface area contributed by atoms with Crippen LogP contribution in [-0.2, 0) is 19.1 Å². The summed E-state index contributed by atoms with van der Waals surface area (Å²) in [5.74, 6) is -0.839. The van der Waals surface area contributed by atoms with E-state index in [1.807, 2.05) is 9.99 Å². The first kappa shape index (κ1) is 25.1. The van der Waals surface area contributed by atoms with E-state index in [1.165, 1.54) is 19.3 Å². The molecule has 0 saturated carbocycles. The minimum absolute atomic E-state index is 0. The molecule has 0 aliphatic heterocycles. The van der Waals surface area contributed by atoms with Crippen LogP contribution in [0.4, 0.5) is 0 Å². The van der Waals surface area contributed by atoms with Gasteiger partial charge in [-0.2, -0.15) is 0 Å². The van der Waals surface area contributed by atoms with Crippen molar-refractivity contribution in [1.29, 1.82) is 0 Å². The van der Waals surface area contributed by atoms with Crippen LogP contribution in [0.1, 0.15) is 53.9 Å². The standard InChI is InChI=1S/C9H13.2C6H7.C2H7Si.2ClH.Hf/c1-9(2,3)8-6-4-5-7-8;2*1-6-4-2-3-5-6;1-3-2;;;/h4,6H,5H2,1-3H3;2*2,4H,3H2,1H3;3H,1-2H3;2*1H;/q;;;;;;+2/p-2. The van der Waals surface area contributed by atoms with E-state index in [0.717, 1.165) is 0 Å². The molecule has 0 amide bonds. The molecule has 148 valence electrons. The average molecular weight is 588 g/mol. The van der Waals surface area contributed by atoms with Crippen LogP contribution in [-0.4, -0.2) is 5.98 Å². The first-order valence-electron chi connectivity index (χ1n) is 9.84. The number of rotatable bonds is 4. The normalized spacial score (nSPS) is 19.0. The molecule has 0 heterocycles. The van der Waals surface area contributed by atoms with E-state index < -0.39 is 25.1 Å². The van der Waals surface area contributed by atoms with Crippen molar-refractivity contribution < 1.29 is 44.0 Å². The van der Waals surface area contributed by atoms with Crippen LogP contribution in [0.15, 0.2) is 63.2 Å². The predicted molar refractivity (Wildman–Crippen MR) is 112 cm³/mol. The van der Waals surface area contributed by atoms with E-state index in [2.05, 4.69) is 84.2 Å². The summed E-state index contributed by atoms with van der Waals surface area (Å²) in [5.41, 5.74) is 5.18. The summed E-state index contributed by atoms with van der Waals surface area (Å²) in [6.45, 7) is 17.4. The second kappa shape index (κ2) is 9.28. The molecular formula is C23H34Cl2HfSi. The molecule has 3 aliphatic rings. The molecule has 0 bridgehead atoms. The fourth-order valence-electron chi connectivity index (χ4n) is 5.35. The van der Waals surface area contributed by atoms with E-state index in [1.54, 1.807) is 16.7 Å². The predicted octanol–water partition coefficient (Wildman–Crippen LogP) is 0.860. The van der Waals surface area contributed by atoms with E-state index in [4.69, 9.17) is 0 Å². The van der Waals surface area contributed by atoms with Crippen molar-refractivity contribution in [2.45, 2.75) is 67.0 Å². The molecule has 3 aliphatic carbocycles. The van der Waals surface area contributed by atoms with Gasteiger partial charge in [0.05, 0.1) is 0 Å². The molecule has 0 spiro atoms. The number of hydrogen-bond acceptors (Lipinski definition) is 0. The van der Waals surface area contributed by atoms with Gasteiger partial charge in [-0.05, 0) is 0 Å². The smallest absolute Gasteiger partial charge is 1.00 e. The van der Waals surface area contributed by atoms with Crippen LogP contribution in [0, 0.1) is 5.41 Å². The molecule has 0 N–H and O–H groups in total. The molecule has 27 heavy (non-hydrogen) atoms. The first-order valence-corrected chi connectivity index (χ1v) is 24.3. The van der Waals surface area contributed by atoms with E-state index in [0.29, 0.717) is 0 Å². The molecule has 0 saturated heterocycles. The second-order valence-corrected chi connectivity index (χ2v) is 43.4. The Morgan fingerprint density at radius 1 is 0.741 bits per heavy atom. The van der Waals surface area contributed by atoms with E-state index in [-0.39, 0.29) is 30.2 Å². The van der Waals surface area contributed by atoms with Gasteiger partial charge in [-0.25, -0.2) is 0 Å². The molecule has 0 aromatic carbocycles. The zero-order valence-corrected chi connectivity index (χ0v) is 24.2. The summed E-state index contributed by atoms with van der Waals surface area (Å²) in [6.07, 6.45) is 18.4.